The molecule has 0 atom stereocenters. The number of carbonyl (C=O) groups excluding carboxylic acids is 1. The molecule has 0 saturated carbocycles. The normalized spacial score (nSPS) is 9.72. The molecule has 0 bridgehead atoms. The van der Waals surface area contributed by atoms with Gasteiger partial charge in [0, 0.05) is 18.2 Å². The highest BCUT2D eigenvalue weighted by atomic mass is 79.9. The highest BCUT2D eigenvalue weighted by Crippen LogP contribution is 2.25. The van der Waals surface area contributed by atoms with E-state index in [1.54, 1.807) is 0 Å². The van der Waals surface area contributed by atoms with Crippen LogP contribution in [0.3, 0.4) is 0 Å². The molecule has 1 amide bonds. The van der Waals surface area contributed by atoms with E-state index in [4.69, 9.17) is 0 Å². The van der Waals surface area contributed by atoms with Gasteiger partial charge in [0.05, 0.1) is 9.40 Å². The third kappa shape index (κ3) is 3.96. The first-order chi connectivity index (χ1) is 8.41. The summed E-state index contributed by atoms with van der Waals surface area (Å²) in [4.78, 5) is 21.9. The Morgan fingerprint density at radius 3 is 2.72 bits per heavy atom. The summed E-state index contributed by atoms with van der Waals surface area (Å²) in [5.41, 5.74) is 1.24. The topological polar surface area (TPSA) is 72.2 Å². The summed E-state index contributed by atoms with van der Waals surface area (Å²) in [5.74, 6) is -0.330. The summed E-state index contributed by atoms with van der Waals surface area (Å²) in [5, 5.41) is 13.4. The fourth-order valence-electron chi connectivity index (χ4n) is 1.24. The Morgan fingerprint density at radius 1 is 1.50 bits per heavy atom. The van der Waals surface area contributed by atoms with Crippen molar-refractivity contribution in [1.29, 1.82) is 0 Å². The lowest BCUT2D eigenvalue weighted by Gasteiger charge is -2.03. The molecule has 0 spiro atoms. The Balaban J connectivity index is 2.84. The number of nitrogens with zero attached hydrogens (tertiary/aromatic N) is 1. The maximum Gasteiger partial charge on any atom is 0.284 e. The second-order valence-corrected chi connectivity index (χ2v) is 4.77. The maximum atomic E-state index is 11.7. The molecule has 1 aromatic carbocycles. The fourth-order valence-corrected chi connectivity index (χ4v) is 1.64. The number of carbonyl (C=O) groups is 1. The predicted octanol–water partition coefficient (Wildman–Crippen LogP) is 3.05. The molecule has 0 radical (unpaired) electrons. The summed E-state index contributed by atoms with van der Waals surface area (Å²) in [6.45, 7) is 4.26. The van der Waals surface area contributed by atoms with Crippen LogP contribution in [0, 0.1) is 10.1 Å². The molecular formula is C12H13BrN2O3. The second kappa shape index (κ2) is 6.30. The van der Waals surface area contributed by atoms with E-state index in [1.807, 2.05) is 19.9 Å². The number of allylic oxidation sites excluding steroid dienone is 1. The minimum absolute atomic E-state index is 0.120. The van der Waals surface area contributed by atoms with E-state index in [0.717, 1.165) is 5.57 Å². The number of benzene rings is 1. The molecule has 0 heterocycles. The molecule has 0 aromatic heterocycles. The first-order valence-electron chi connectivity index (χ1n) is 5.27. The molecule has 1 aromatic rings. The largest absolute Gasteiger partial charge is 0.349 e. The van der Waals surface area contributed by atoms with Gasteiger partial charge in [-0.05, 0) is 41.9 Å². The van der Waals surface area contributed by atoms with Crippen molar-refractivity contribution in [3.05, 3.63) is 50.0 Å². The Bertz CT molecular complexity index is 508. The summed E-state index contributed by atoms with van der Waals surface area (Å²) in [6.07, 6.45) is 1.87. The van der Waals surface area contributed by atoms with Crippen molar-refractivity contribution < 1.29 is 9.72 Å². The molecule has 6 heteroatoms. The lowest BCUT2D eigenvalue weighted by molar-refractivity contribution is -0.385. The van der Waals surface area contributed by atoms with Gasteiger partial charge in [0.25, 0.3) is 11.6 Å². The van der Waals surface area contributed by atoms with Gasteiger partial charge in [-0.25, -0.2) is 0 Å². The monoisotopic (exact) mass is 312 g/mol. The molecule has 96 valence electrons. The van der Waals surface area contributed by atoms with Crippen LogP contribution in [0.4, 0.5) is 5.69 Å². The Labute approximate surface area is 113 Å². The van der Waals surface area contributed by atoms with E-state index in [1.165, 1.54) is 18.2 Å². The van der Waals surface area contributed by atoms with Crippen LogP contribution in [0.25, 0.3) is 0 Å². The van der Waals surface area contributed by atoms with Crippen LogP contribution >= 0.6 is 15.9 Å². The Kier molecular flexibility index (Phi) is 5.03. The molecule has 0 aliphatic rings. The standard InChI is InChI=1S/C12H13BrN2O3/c1-8(2)5-6-14-12(16)9-3-4-10(13)11(7-9)15(17)18/h3-5,7H,6H2,1-2H3,(H,14,16). The zero-order chi connectivity index (χ0) is 13.7. The van der Waals surface area contributed by atoms with Gasteiger partial charge in [-0.3, -0.25) is 14.9 Å². The predicted molar refractivity (Wildman–Crippen MR) is 72.6 cm³/mol. The highest BCUT2D eigenvalue weighted by Gasteiger charge is 2.15. The molecule has 1 N–H and O–H groups in total. The van der Waals surface area contributed by atoms with Gasteiger partial charge >= 0.3 is 0 Å². The van der Waals surface area contributed by atoms with Crippen molar-refractivity contribution in [2.24, 2.45) is 0 Å². The smallest absolute Gasteiger partial charge is 0.284 e. The van der Waals surface area contributed by atoms with Gasteiger partial charge in [0.2, 0.25) is 0 Å². The minimum Gasteiger partial charge on any atom is -0.349 e. The van der Waals surface area contributed by atoms with Gasteiger partial charge in [-0.15, -0.1) is 0 Å². The van der Waals surface area contributed by atoms with Gasteiger partial charge in [-0.2, -0.15) is 0 Å². The molecule has 1 rings (SSSR count). The van der Waals surface area contributed by atoms with Gasteiger partial charge in [0.15, 0.2) is 0 Å². The summed E-state index contributed by atoms with van der Waals surface area (Å²) in [6, 6.07) is 4.28. The summed E-state index contributed by atoms with van der Waals surface area (Å²) < 4.78 is 0.355. The average Bonchev–Trinajstić information content (AvgIpc) is 2.28. The molecule has 0 unspecified atom stereocenters. The molecule has 0 aliphatic carbocycles. The number of halogens is 1. The number of hydrogen-bond acceptors (Lipinski definition) is 3. The summed E-state index contributed by atoms with van der Waals surface area (Å²) in [7, 11) is 0. The number of amides is 1. The first-order valence-corrected chi connectivity index (χ1v) is 6.06. The van der Waals surface area contributed by atoms with Gasteiger partial charge in [0.1, 0.15) is 0 Å². The second-order valence-electron chi connectivity index (χ2n) is 3.91. The van der Waals surface area contributed by atoms with Gasteiger partial charge in [-0.1, -0.05) is 11.6 Å². The number of nitro benzene ring substituents is 1. The van der Waals surface area contributed by atoms with E-state index >= 15 is 0 Å². The van der Waals surface area contributed by atoms with Crippen molar-refractivity contribution in [1.82, 2.24) is 5.32 Å². The maximum absolute atomic E-state index is 11.7. The molecule has 0 fully saturated rings. The van der Waals surface area contributed by atoms with Crippen LogP contribution in [-0.4, -0.2) is 17.4 Å². The van der Waals surface area contributed by atoms with Crippen LogP contribution in [0.1, 0.15) is 24.2 Å². The van der Waals surface area contributed by atoms with Crippen molar-refractivity contribution in [2.45, 2.75) is 13.8 Å². The van der Waals surface area contributed by atoms with Crippen molar-refractivity contribution in [3.63, 3.8) is 0 Å². The van der Waals surface area contributed by atoms with Gasteiger partial charge < -0.3 is 5.32 Å². The van der Waals surface area contributed by atoms with Crippen molar-refractivity contribution in [3.8, 4) is 0 Å². The SMILES string of the molecule is CC(C)=CCNC(=O)c1ccc(Br)c([N+](=O)[O-])c1. The number of nitrogens with one attached hydrogen (secondary N) is 1. The van der Waals surface area contributed by atoms with Crippen LogP contribution in [-0.2, 0) is 0 Å². The van der Waals surface area contributed by atoms with Crippen molar-refractivity contribution in [2.75, 3.05) is 6.54 Å². The van der Waals surface area contributed by atoms with Crippen LogP contribution in [0.15, 0.2) is 34.3 Å². The van der Waals surface area contributed by atoms with E-state index < -0.39 is 4.92 Å². The Morgan fingerprint density at radius 2 is 2.17 bits per heavy atom. The van der Waals surface area contributed by atoms with E-state index in [9.17, 15) is 14.9 Å². The van der Waals surface area contributed by atoms with E-state index in [2.05, 4.69) is 21.2 Å². The average molecular weight is 313 g/mol. The van der Waals surface area contributed by atoms with Crippen molar-refractivity contribution >= 4 is 27.5 Å². The van der Waals surface area contributed by atoms with Crippen LogP contribution < -0.4 is 5.32 Å². The van der Waals surface area contributed by atoms with Crippen LogP contribution in [0.5, 0.6) is 0 Å². The quantitative estimate of drug-likeness (QED) is 0.527. The molecule has 0 aliphatic heterocycles. The Hall–Kier alpha value is -1.69. The molecule has 5 nitrogen and oxygen atoms in total. The fraction of sp³-hybridized carbons (Fsp3) is 0.250. The lowest BCUT2D eigenvalue weighted by Crippen LogP contribution is -2.23. The third-order valence-corrected chi connectivity index (χ3v) is 2.85. The lowest BCUT2D eigenvalue weighted by atomic mass is 10.2. The number of hydrogen-bond donors (Lipinski definition) is 1. The van der Waals surface area contributed by atoms with E-state index in [-0.39, 0.29) is 17.2 Å². The van der Waals surface area contributed by atoms with Crippen LogP contribution in [0.2, 0.25) is 0 Å². The highest BCUT2D eigenvalue weighted by molar-refractivity contribution is 9.10. The minimum atomic E-state index is -0.531. The zero-order valence-electron chi connectivity index (χ0n) is 10.1. The van der Waals surface area contributed by atoms with E-state index in [0.29, 0.717) is 11.0 Å². The third-order valence-electron chi connectivity index (χ3n) is 2.18. The number of nitro groups is 1. The zero-order valence-corrected chi connectivity index (χ0v) is 11.7. The first kappa shape index (κ1) is 14.4. The molecular weight excluding hydrogens is 300 g/mol. The number of rotatable bonds is 4. The molecule has 18 heavy (non-hydrogen) atoms. The molecule has 0 saturated heterocycles. The summed E-state index contributed by atoms with van der Waals surface area (Å²) >= 11 is 3.07.